The zero-order valence-electron chi connectivity index (χ0n) is 22.1. The average molecular weight is 573 g/mol. The number of aromatic nitrogens is 3. The lowest BCUT2D eigenvalue weighted by molar-refractivity contribution is -0.125. The molecule has 2 fully saturated rings. The number of hydrogen-bond donors (Lipinski definition) is 3. The van der Waals surface area contributed by atoms with Crippen LogP contribution in [-0.4, -0.2) is 61.8 Å². The van der Waals surface area contributed by atoms with Gasteiger partial charge >= 0.3 is 0 Å². The summed E-state index contributed by atoms with van der Waals surface area (Å²) in [7, 11) is 0. The second kappa shape index (κ2) is 11.6. The number of aliphatic hydroxyl groups excluding tert-OH is 1. The van der Waals surface area contributed by atoms with Crippen molar-refractivity contribution >= 4 is 29.6 Å². The molecule has 3 N–H and O–H groups in total. The van der Waals surface area contributed by atoms with Gasteiger partial charge < -0.3 is 15.3 Å². The first-order chi connectivity index (χ1) is 19.2. The van der Waals surface area contributed by atoms with Crippen molar-refractivity contribution in [1.82, 2.24) is 25.4 Å². The molecule has 0 unspecified atom stereocenters. The minimum atomic E-state index is -0.878. The van der Waals surface area contributed by atoms with Gasteiger partial charge in [-0.25, -0.2) is 8.78 Å². The summed E-state index contributed by atoms with van der Waals surface area (Å²) in [6.07, 6.45) is 6.71. The number of halogens is 3. The Labute approximate surface area is 235 Å². The molecule has 2 atom stereocenters. The minimum absolute atomic E-state index is 0.0921. The molecule has 4 heterocycles. The summed E-state index contributed by atoms with van der Waals surface area (Å²) in [4.78, 5) is 36.7. The smallest absolute Gasteiger partial charge is 0.272 e. The van der Waals surface area contributed by atoms with Crippen LogP contribution in [0.2, 0.25) is 0 Å². The number of pyridine rings is 1. The van der Waals surface area contributed by atoms with E-state index in [1.54, 1.807) is 0 Å². The molecule has 212 valence electrons. The van der Waals surface area contributed by atoms with Crippen molar-refractivity contribution in [3.63, 3.8) is 0 Å². The van der Waals surface area contributed by atoms with E-state index < -0.39 is 17.5 Å². The second-order valence-corrected chi connectivity index (χ2v) is 11.1. The summed E-state index contributed by atoms with van der Waals surface area (Å²) >= 11 is 6.27. The number of rotatable bonds is 6. The fourth-order valence-electron chi connectivity index (χ4n) is 5.33. The molecule has 2 aromatic rings. The third-order valence-corrected chi connectivity index (χ3v) is 8.12. The maximum atomic E-state index is 14.5. The van der Waals surface area contributed by atoms with Crippen molar-refractivity contribution in [3.8, 4) is 11.3 Å². The molecule has 1 saturated carbocycles. The maximum Gasteiger partial charge on any atom is 0.272 e. The minimum Gasteiger partial charge on any atom is -0.387 e. The van der Waals surface area contributed by atoms with Crippen molar-refractivity contribution < 1.29 is 23.5 Å². The van der Waals surface area contributed by atoms with E-state index in [1.807, 2.05) is 4.90 Å². The number of nitrogens with zero attached hydrogens (tertiary/aromatic N) is 4. The Morgan fingerprint density at radius 2 is 2.10 bits per heavy atom. The standard InChI is InChI=1S/C28H31ClF2N6O3/c1-16(38)22-11-19(21(31)14-33-22)23-12-24(36-35-23)27(40)37-10-2-3-17(13-28(37)7-8-28)26(39)34-15-25-20(29)5-4-18(30)6-9-32-25/h4,9,11-12,14,16-17,38H,2-3,5-8,10,13,15H2,1H3,(H,34,39)(H,35,36)/b18-4+,25-20+,32-9?/t16-,17+/m0/s1. The van der Waals surface area contributed by atoms with Crippen LogP contribution in [0.4, 0.5) is 8.78 Å². The number of H-pyrrole nitrogens is 1. The highest BCUT2D eigenvalue weighted by Crippen LogP contribution is 2.49. The summed E-state index contributed by atoms with van der Waals surface area (Å²) in [5, 5.41) is 20.0. The zero-order valence-corrected chi connectivity index (χ0v) is 22.8. The molecule has 0 bridgehead atoms. The maximum absolute atomic E-state index is 14.5. The lowest BCUT2D eigenvalue weighted by Gasteiger charge is -2.30. The van der Waals surface area contributed by atoms with E-state index in [2.05, 4.69) is 25.5 Å². The van der Waals surface area contributed by atoms with E-state index in [0.717, 1.165) is 19.0 Å². The summed E-state index contributed by atoms with van der Waals surface area (Å²) in [5.74, 6) is -1.55. The Morgan fingerprint density at radius 3 is 2.85 bits per heavy atom. The number of carbonyl (C=O) groups excluding carboxylic acids is 2. The summed E-state index contributed by atoms with van der Waals surface area (Å²) in [6, 6.07) is 2.92. The molecular formula is C28H31ClF2N6O3. The van der Waals surface area contributed by atoms with Gasteiger partial charge in [-0.15, -0.1) is 0 Å². The van der Waals surface area contributed by atoms with Crippen molar-refractivity contribution in [1.29, 1.82) is 0 Å². The first-order valence-electron chi connectivity index (χ1n) is 13.4. The number of amides is 2. The molecule has 0 aromatic carbocycles. The molecule has 2 aromatic heterocycles. The van der Waals surface area contributed by atoms with E-state index in [4.69, 9.17) is 11.6 Å². The predicted octanol–water partition coefficient (Wildman–Crippen LogP) is 4.72. The van der Waals surface area contributed by atoms with Gasteiger partial charge in [0.05, 0.1) is 35.9 Å². The van der Waals surface area contributed by atoms with Gasteiger partial charge in [-0.1, -0.05) is 11.6 Å². The molecule has 5 rings (SSSR count). The van der Waals surface area contributed by atoms with Gasteiger partial charge in [0.15, 0.2) is 5.82 Å². The Morgan fingerprint density at radius 1 is 1.30 bits per heavy atom. The molecule has 40 heavy (non-hydrogen) atoms. The van der Waals surface area contributed by atoms with E-state index in [-0.39, 0.29) is 59.9 Å². The van der Waals surface area contributed by atoms with Gasteiger partial charge in [0.1, 0.15) is 11.5 Å². The molecule has 0 radical (unpaired) electrons. The SMILES string of the molecule is C[C@H](O)c1cc(-c2cc(C(=O)N3CCC[C@@H](C(=O)NC/C4=C(\Cl)C/C=C(/F)CC=N4)CC34CC4)[nH]n2)c(F)cn1. The summed E-state index contributed by atoms with van der Waals surface area (Å²) < 4.78 is 28.0. The van der Waals surface area contributed by atoms with Crippen LogP contribution in [0, 0.1) is 11.7 Å². The Kier molecular flexibility index (Phi) is 8.14. The largest absolute Gasteiger partial charge is 0.387 e. The predicted molar refractivity (Wildman–Crippen MR) is 146 cm³/mol. The molecule has 9 nitrogen and oxygen atoms in total. The van der Waals surface area contributed by atoms with Gasteiger partial charge in [0, 0.05) is 47.7 Å². The van der Waals surface area contributed by atoms with Crippen LogP contribution in [0.25, 0.3) is 11.3 Å². The number of aromatic amines is 1. The highest BCUT2D eigenvalue weighted by atomic mass is 35.5. The van der Waals surface area contributed by atoms with Crippen LogP contribution in [-0.2, 0) is 4.79 Å². The van der Waals surface area contributed by atoms with Crippen molar-refractivity contribution in [2.75, 3.05) is 13.1 Å². The fourth-order valence-corrected chi connectivity index (χ4v) is 5.52. The van der Waals surface area contributed by atoms with Gasteiger partial charge in [-0.3, -0.25) is 24.7 Å². The molecule has 1 saturated heterocycles. The second-order valence-electron chi connectivity index (χ2n) is 10.6. The zero-order chi connectivity index (χ0) is 28.4. The van der Waals surface area contributed by atoms with Crippen LogP contribution in [0.3, 0.4) is 0 Å². The first kappa shape index (κ1) is 28.1. The lowest BCUT2D eigenvalue weighted by atomic mass is 9.94. The summed E-state index contributed by atoms with van der Waals surface area (Å²) in [5.41, 5.74) is 0.997. The molecule has 3 aliphatic rings. The molecule has 1 spiro atoms. The number of aliphatic imine (C=N–C) groups is 1. The molecular weight excluding hydrogens is 542 g/mol. The molecule has 12 heteroatoms. The highest BCUT2D eigenvalue weighted by Gasteiger charge is 2.53. The van der Waals surface area contributed by atoms with Crippen LogP contribution in [0.5, 0.6) is 0 Å². The Balaban J connectivity index is 1.26. The average Bonchev–Trinajstić information content (AvgIpc) is 3.59. The normalized spacial score (nSPS) is 24.5. The fraction of sp³-hybridized carbons (Fsp3) is 0.464. The lowest BCUT2D eigenvalue weighted by Crippen LogP contribution is -2.43. The monoisotopic (exact) mass is 572 g/mol. The van der Waals surface area contributed by atoms with Crippen molar-refractivity contribution in [2.45, 2.75) is 63.5 Å². The number of carbonyl (C=O) groups is 2. The number of hydrogen-bond acceptors (Lipinski definition) is 6. The Bertz CT molecular complexity index is 1400. The van der Waals surface area contributed by atoms with Gasteiger partial charge in [0.25, 0.3) is 5.91 Å². The van der Waals surface area contributed by atoms with Crippen LogP contribution >= 0.6 is 11.6 Å². The molecule has 2 amide bonds. The Hall–Kier alpha value is -3.44. The van der Waals surface area contributed by atoms with E-state index in [9.17, 15) is 23.5 Å². The first-order valence-corrected chi connectivity index (χ1v) is 13.8. The highest BCUT2D eigenvalue weighted by molar-refractivity contribution is 6.30. The molecule has 2 aliphatic heterocycles. The van der Waals surface area contributed by atoms with Gasteiger partial charge in [-0.05, 0) is 57.2 Å². The summed E-state index contributed by atoms with van der Waals surface area (Å²) in [6.45, 7) is 2.17. The van der Waals surface area contributed by atoms with E-state index in [0.29, 0.717) is 42.2 Å². The van der Waals surface area contributed by atoms with Gasteiger partial charge in [-0.2, -0.15) is 5.10 Å². The third kappa shape index (κ3) is 6.00. The topological polar surface area (TPSA) is 124 Å². The number of likely N-dealkylation sites (tertiary alicyclic amines) is 1. The van der Waals surface area contributed by atoms with E-state index >= 15 is 0 Å². The van der Waals surface area contributed by atoms with Crippen LogP contribution < -0.4 is 5.32 Å². The number of aliphatic hydroxyl groups is 1. The van der Waals surface area contributed by atoms with Crippen LogP contribution in [0.1, 0.15) is 74.2 Å². The third-order valence-electron chi connectivity index (χ3n) is 7.74. The number of nitrogens with one attached hydrogen (secondary N) is 2. The molecule has 1 aliphatic carbocycles. The number of allylic oxidation sites excluding steroid dienone is 3. The van der Waals surface area contributed by atoms with Crippen LogP contribution in [0.15, 0.2) is 46.0 Å². The quantitative estimate of drug-likeness (QED) is 0.462. The van der Waals surface area contributed by atoms with E-state index in [1.165, 1.54) is 31.3 Å². The van der Waals surface area contributed by atoms with Crippen molar-refractivity contribution in [2.24, 2.45) is 10.9 Å². The van der Waals surface area contributed by atoms with Crippen molar-refractivity contribution in [3.05, 3.63) is 58.2 Å². The van der Waals surface area contributed by atoms with Gasteiger partial charge in [0.2, 0.25) is 5.91 Å².